The van der Waals surface area contributed by atoms with Gasteiger partial charge in [0.2, 0.25) is 0 Å². The van der Waals surface area contributed by atoms with E-state index in [1.54, 1.807) is 0 Å². The predicted octanol–water partition coefficient (Wildman–Crippen LogP) is 1.46. The first-order chi connectivity index (χ1) is 9.96. The monoisotopic (exact) mass is 310 g/mol. The molecule has 1 aliphatic rings. The van der Waals surface area contributed by atoms with Crippen molar-refractivity contribution in [3.63, 3.8) is 0 Å². The molecule has 1 fully saturated rings. The van der Waals surface area contributed by atoms with E-state index in [2.05, 4.69) is 48.3 Å². The molecular formula is C16H26N2O2S. The molecule has 2 rings (SSSR count). The maximum atomic E-state index is 11.5. The third-order valence-electron chi connectivity index (χ3n) is 3.90. The highest BCUT2D eigenvalue weighted by molar-refractivity contribution is 7.91. The molecule has 0 unspecified atom stereocenters. The van der Waals surface area contributed by atoms with Gasteiger partial charge in [-0.15, -0.1) is 0 Å². The molecule has 1 aliphatic heterocycles. The third-order valence-corrected chi connectivity index (χ3v) is 5.51. The Bertz CT molecular complexity index is 541. The normalized spacial score (nSPS) is 19.0. The fourth-order valence-electron chi connectivity index (χ4n) is 2.60. The summed E-state index contributed by atoms with van der Waals surface area (Å²) in [4.78, 5) is 2.25. The zero-order valence-corrected chi connectivity index (χ0v) is 13.8. The number of rotatable bonds is 6. The van der Waals surface area contributed by atoms with Gasteiger partial charge in [-0.3, -0.25) is 4.90 Å². The average molecular weight is 310 g/mol. The molecule has 0 atom stereocenters. The van der Waals surface area contributed by atoms with Crippen molar-refractivity contribution in [3.05, 3.63) is 35.4 Å². The average Bonchev–Trinajstić information content (AvgIpc) is 2.42. The summed E-state index contributed by atoms with van der Waals surface area (Å²) in [7, 11) is -2.79. The largest absolute Gasteiger partial charge is 0.314 e. The number of sulfone groups is 1. The van der Waals surface area contributed by atoms with Crippen LogP contribution in [0.4, 0.5) is 0 Å². The van der Waals surface area contributed by atoms with Crippen LogP contribution in [0.5, 0.6) is 0 Å². The smallest absolute Gasteiger partial charge is 0.152 e. The minimum absolute atomic E-state index is 0.296. The van der Waals surface area contributed by atoms with Crippen LogP contribution in [-0.4, -0.2) is 50.5 Å². The first-order valence-corrected chi connectivity index (χ1v) is 9.51. The van der Waals surface area contributed by atoms with Crippen molar-refractivity contribution in [3.8, 4) is 0 Å². The molecule has 5 heteroatoms. The molecule has 1 N–H and O–H groups in total. The van der Waals surface area contributed by atoms with Crippen molar-refractivity contribution in [2.24, 2.45) is 0 Å². The van der Waals surface area contributed by atoms with Crippen LogP contribution in [0.15, 0.2) is 24.3 Å². The molecule has 118 valence electrons. The summed E-state index contributed by atoms with van der Waals surface area (Å²) in [6, 6.07) is 8.99. The van der Waals surface area contributed by atoms with Gasteiger partial charge in [0.1, 0.15) is 0 Å². The van der Waals surface area contributed by atoms with Crippen LogP contribution in [0.1, 0.15) is 25.0 Å². The highest BCUT2D eigenvalue weighted by Gasteiger charge is 2.21. The lowest BCUT2D eigenvalue weighted by atomic mass is 10.0. The summed E-state index contributed by atoms with van der Waals surface area (Å²) < 4.78 is 23.0. The van der Waals surface area contributed by atoms with Crippen LogP contribution in [0, 0.1) is 0 Å². The molecule has 4 nitrogen and oxygen atoms in total. The first-order valence-electron chi connectivity index (χ1n) is 7.69. The standard InChI is InChI=1S/C16H26N2O2S/c1-14(2)17-8-7-15-5-3-4-6-16(15)13-18-9-11-21(19,20)12-10-18/h3-6,14,17H,7-13H2,1-2H3. The zero-order valence-electron chi connectivity index (χ0n) is 13.0. The van der Waals surface area contributed by atoms with Crippen LogP contribution >= 0.6 is 0 Å². The van der Waals surface area contributed by atoms with E-state index < -0.39 is 9.84 Å². The van der Waals surface area contributed by atoms with Gasteiger partial charge < -0.3 is 5.32 Å². The summed E-state index contributed by atoms with van der Waals surface area (Å²) in [5.74, 6) is 0.591. The molecule has 0 aromatic heterocycles. The molecular weight excluding hydrogens is 284 g/mol. The van der Waals surface area contributed by atoms with E-state index >= 15 is 0 Å². The fourth-order valence-corrected chi connectivity index (χ4v) is 3.88. The second-order valence-corrected chi connectivity index (χ2v) is 8.36. The lowest BCUT2D eigenvalue weighted by Crippen LogP contribution is -2.39. The Morgan fingerprint density at radius 1 is 1.14 bits per heavy atom. The third kappa shape index (κ3) is 5.41. The van der Waals surface area contributed by atoms with Gasteiger partial charge in [0.15, 0.2) is 9.84 Å². The van der Waals surface area contributed by atoms with Crippen molar-refractivity contribution in [2.45, 2.75) is 32.9 Å². The quantitative estimate of drug-likeness (QED) is 0.864. The number of hydrogen-bond acceptors (Lipinski definition) is 4. The molecule has 0 bridgehead atoms. The summed E-state index contributed by atoms with van der Waals surface area (Å²) in [6.07, 6.45) is 1.01. The summed E-state index contributed by atoms with van der Waals surface area (Å²) in [5, 5.41) is 3.44. The second kappa shape index (κ2) is 7.38. The van der Waals surface area contributed by atoms with E-state index in [4.69, 9.17) is 0 Å². The Morgan fingerprint density at radius 3 is 2.38 bits per heavy atom. The van der Waals surface area contributed by atoms with Gasteiger partial charge in [0, 0.05) is 25.7 Å². The van der Waals surface area contributed by atoms with Gasteiger partial charge in [-0.25, -0.2) is 8.42 Å². The van der Waals surface area contributed by atoms with E-state index in [1.807, 2.05) is 0 Å². The second-order valence-electron chi connectivity index (χ2n) is 6.06. The highest BCUT2D eigenvalue weighted by Crippen LogP contribution is 2.14. The Hall–Kier alpha value is -0.910. The van der Waals surface area contributed by atoms with E-state index in [-0.39, 0.29) is 0 Å². The lowest BCUT2D eigenvalue weighted by molar-refractivity contribution is 0.287. The van der Waals surface area contributed by atoms with Crippen molar-refractivity contribution in [2.75, 3.05) is 31.1 Å². The minimum atomic E-state index is -2.79. The lowest BCUT2D eigenvalue weighted by Gasteiger charge is -2.27. The molecule has 21 heavy (non-hydrogen) atoms. The SMILES string of the molecule is CC(C)NCCc1ccccc1CN1CCS(=O)(=O)CC1. The number of nitrogens with one attached hydrogen (secondary N) is 1. The molecule has 1 aromatic rings. The van der Waals surface area contributed by atoms with E-state index in [9.17, 15) is 8.42 Å². The Balaban J connectivity index is 1.93. The zero-order chi connectivity index (χ0) is 15.3. The number of hydrogen-bond donors (Lipinski definition) is 1. The molecule has 1 aromatic carbocycles. The van der Waals surface area contributed by atoms with E-state index in [0.29, 0.717) is 30.6 Å². The van der Waals surface area contributed by atoms with Crippen molar-refractivity contribution >= 4 is 9.84 Å². The van der Waals surface area contributed by atoms with Gasteiger partial charge >= 0.3 is 0 Å². The molecule has 0 spiro atoms. The van der Waals surface area contributed by atoms with Crippen LogP contribution in [0.25, 0.3) is 0 Å². The topological polar surface area (TPSA) is 49.4 Å². The first kappa shape index (κ1) is 16.5. The van der Waals surface area contributed by atoms with Crippen LogP contribution in [0.3, 0.4) is 0 Å². The van der Waals surface area contributed by atoms with E-state index in [0.717, 1.165) is 19.5 Å². The predicted molar refractivity (Wildman–Crippen MR) is 87.2 cm³/mol. The summed E-state index contributed by atoms with van der Waals surface area (Å²) in [5.41, 5.74) is 2.68. The summed E-state index contributed by atoms with van der Waals surface area (Å²) in [6.45, 7) is 7.44. The maximum absolute atomic E-state index is 11.5. The Kier molecular flexibility index (Phi) is 5.79. The minimum Gasteiger partial charge on any atom is -0.314 e. The van der Waals surface area contributed by atoms with Gasteiger partial charge in [0.05, 0.1) is 11.5 Å². The van der Waals surface area contributed by atoms with Gasteiger partial charge in [-0.2, -0.15) is 0 Å². The number of benzene rings is 1. The Labute approximate surface area is 128 Å². The summed E-state index contributed by atoms with van der Waals surface area (Å²) >= 11 is 0. The molecule has 1 heterocycles. The van der Waals surface area contributed by atoms with Gasteiger partial charge in [0.25, 0.3) is 0 Å². The van der Waals surface area contributed by atoms with Crippen LogP contribution in [-0.2, 0) is 22.8 Å². The highest BCUT2D eigenvalue weighted by atomic mass is 32.2. The van der Waals surface area contributed by atoms with Crippen molar-refractivity contribution in [1.29, 1.82) is 0 Å². The van der Waals surface area contributed by atoms with Gasteiger partial charge in [-0.1, -0.05) is 38.1 Å². The fraction of sp³-hybridized carbons (Fsp3) is 0.625. The molecule has 0 saturated carbocycles. The van der Waals surface area contributed by atoms with Crippen molar-refractivity contribution in [1.82, 2.24) is 10.2 Å². The van der Waals surface area contributed by atoms with Crippen LogP contribution in [0.2, 0.25) is 0 Å². The molecule has 0 aliphatic carbocycles. The van der Waals surface area contributed by atoms with E-state index in [1.165, 1.54) is 11.1 Å². The van der Waals surface area contributed by atoms with Crippen molar-refractivity contribution < 1.29 is 8.42 Å². The molecule has 1 saturated heterocycles. The Morgan fingerprint density at radius 2 is 1.76 bits per heavy atom. The molecule has 0 radical (unpaired) electrons. The van der Waals surface area contributed by atoms with Gasteiger partial charge in [-0.05, 0) is 24.1 Å². The number of nitrogens with zero attached hydrogens (tertiary/aromatic N) is 1. The molecule has 0 amide bonds. The maximum Gasteiger partial charge on any atom is 0.152 e. The van der Waals surface area contributed by atoms with Crippen LogP contribution < -0.4 is 5.32 Å².